The predicted molar refractivity (Wildman–Crippen MR) is 67.3 cm³/mol. The van der Waals surface area contributed by atoms with Crippen molar-refractivity contribution in [2.45, 2.75) is 18.7 Å². The highest BCUT2D eigenvalue weighted by Crippen LogP contribution is 2.15. The van der Waals surface area contributed by atoms with Crippen LogP contribution in [0.15, 0.2) is 29.2 Å². The molecule has 0 fully saturated rings. The van der Waals surface area contributed by atoms with Gasteiger partial charge in [0, 0.05) is 12.0 Å². The molecular weight excluding hydrogens is 257 g/mol. The smallest absolute Gasteiger partial charge is 0.240 e. The maximum absolute atomic E-state index is 13.0. The third-order valence-electron chi connectivity index (χ3n) is 2.54. The Morgan fingerprint density at radius 3 is 2.61 bits per heavy atom. The molecule has 0 aliphatic carbocycles. The van der Waals surface area contributed by atoms with E-state index in [-0.39, 0.29) is 17.3 Å². The van der Waals surface area contributed by atoms with Crippen LogP contribution < -0.4 is 10.5 Å². The van der Waals surface area contributed by atoms with Crippen molar-refractivity contribution in [2.24, 2.45) is 11.1 Å². The summed E-state index contributed by atoms with van der Waals surface area (Å²) in [5.74, 6) is -0.742. The Kier molecular flexibility index (Phi) is 4.08. The van der Waals surface area contributed by atoms with Gasteiger partial charge < -0.3 is 5.73 Å². The number of nitrogens with two attached hydrogens (primary N) is 1. The quantitative estimate of drug-likeness (QED) is 0.553. The molecule has 0 aromatic heterocycles. The van der Waals surface area contributed by atoms with Crippen LogP contribution in [0.25, 0.3) is 0 Å². The van der Waals surface area contributed by atoms with Gasteiger partial charge >= 0.3 is 0 Å². The molecule has 0 amide bonds. The molecule has 0 aliphatic rings. The van der Waals surface area contributed by atoms with Gasteiger partial charge in [-0.15, -0.1) is 0 Å². The summed E-state index contributed by atoms with van der Waals surface area (Å²) in [4.78, 5) is -0.151. The minimum Gasteiger partial charge on any atom is -0.387 e. The second-order valence-electron chi connectivity index (χ2n) is 4.58. The van der Waals surface area contributed by atoms with E-state index in [0.717, 1.165) is 6.07 Å². The van der Waals surface area contributed by atoms with E-state index in [9.17, 15) is 12.8 Å². The summed E-state index contributed by atoms with van der Waals surface area (Å²) >= 11 is 0. The van der Waals surface area contributed by atoms with Crippen molar-refractivity contribution in [1.82, 2.24) is 4.72 Å². The average Bonchev–Trinajstić information content (AvgIpc) is 2.26. The third-order valence-corrected chi connectivity index (χ3v) is 3.94. The summed E-state index contributed by atoms with van der Waals surface area (Å²) in [7, 11) is -3.79. The molecule has 0 radical (unpaired) electrons. The largest absolute Gasteiger partial charge is 0.387 e. The van der Waals surface area contributed by atoms with E-state index in [2.05, 4.69) is 4.72 Å². The van der Waals surface area contributed by atoms with Gasteiger partial charge in [-0.3, -0.25) is 5.41 Å². The van der Waals surface area contributed by atoms with Crippen molar-refractivity contribution in [3.8, 4) is 0 Å². The lowest BCUT2D eigenvalue weighted by Crippen LogP contribution is -2.42. The molecule has 100 valence electrons. The van der Waals surface area contributed by atoms with Crippen LogP contribution in [0, 0.1) is 16.6 Å². The maximum Gasteiger partial charge on any atom is 0.240 e. The molecule has 18 heavy (non-hydrogen) atoms. The molecule has 0 saturated carbocycles. The van der Waals surface area contributed by atoms with Crippen LogP contribution in [0.5, 0.6) is 0 Å². The Balaban J connectivity index is 2.87. The van der Waals surface area contributed by atoms with Gasteiger partial charge in [-0.25, -0.2) is 17.5 Å². The number of halogens is 1. The third kappa shape index (κ3) is 3.51. The van der Waals surface area contributed by atoms with E-state index in [4.69, 9.17) is 11.1 Å². The molecule has 0 spiro atoms. The van der Waals surface area contributed by atoms with Gasteiger partial charge in [0.05, 0.1) is 10.7 Å². The molecule has 1 rings (SSSR count). The minimum atomic E-state index is -3.79. The Morgan fingerprint density at radius 2 is 2.11 bits per heavy atom. The molecule has 7 heteroatoms. The zero-order chi connectivity index (χ0) is 14.0. The summed E-state index contributed by atoms with van der Waals surface area (Å²) in [6.45, 7) is 3.26. The van der Waals surface area contributed by atoms with Gasteiger partial charge in [-0.1, -0.05) is 19.9 Å². The molecule has 5 nitrogen and oxygen atoms in total. The van der Waals surface area contributed by atoms with Crippen molar-refractivity contribution < 1.29 is 12.8 Å². The highest BCUT2D eigenvalue weighted by atomic mass is 32.2. The Morgan fingerprint density at radius 1 is 1.50 bits per heavy atom. The van der Waals surface area contributed by atoms with Crippen molar-refractivity contribution in [1.29, 1.82) is 5.41 Å². The fourth-order valence-electron chi connectivity index (χ4n) is 1.09. The highest BCUT2D eigenvalue weighted by molar-refractivity contribution is 7.89. The van der Waals surface area contributed by atoms with E-state index < -0.39 is 21.3 Å². The SMILES string of the molecule is CC(C)(CNS(=O)(=O)c1cccc(F)c1)C(=N)N. The minimum absolute atomic E-state index is 0.0266. The Labute approximate surface area is 106 Å². The summed E-state index contributed by atoms with van der Waals surface area (Å²) in [5.41, 5.74) is 4.56. The van der Waals surface area contributed by atoms with Crippen LogP contribution in [0.1, 0.15) is 13.8 Å². The van der Waals surface area contributed by atoms with Crippen molar-refractivity contribution in [3.63, 3.8) is 0 Å². The molecule has 1 aromatic rings. The lowest BCUT2D eigenvalue weighted by atomic mass is 9.93. The number of nitrogens with one attached hydrogen (secondary N) is 2. The fourth-order valence-corrected chi connectivity index (χ4v) is 2.33. The number of hydrogen-bond donors (Lipinski definition) is 3. The monoisotopic (exact) mass is 273 g/mol. The predicted octanol–water partition coefficient (Wildman–Crippen LogP) is 1.07. The van der Waals surface area contributed by atoms with E-state index in [1.54, 1.807) is 13.8 Å². The van der Waals surface area contributed by atoms with E-state index in [1.165, 1.54) is 18.2 Å². The second-order valence-corrected chi connectivity index (χ2v) is 6.35. The van der Waals surface area contributed by atoms with Gasteiger partial charge in [-0.05, 0) is 18.2 Å². The summed E-state index contributed by atoms with van der Waals surface area (Å²) in [5, 5.41) is 7.33. The van der Waals surface area contributed by atoms with E-state index in [1.807, 2.05) is 0 Å². The Hall–Kier alpha value is -1.47. The first-order valence-corrected chi connectivity index (χ1v) is 6.73. The lowest BCUT2D eigenvalue weighted by molar-refractivity contribution is 0.493. The normalized spacial score (nSPS) is 12.4. The number of hydrogen-bond acceptors (Lipinski definition) is 3. The van der Waals surface area contributed by atoms with E-state index in [0.29, 0.717) is 0 Å². The fraction of sp³-hybridized carbons (Fsp3) is 0.364. The zero-order valence-electron chi connectivity index (χ0n) is 10.2. The second kappa shape index (κ2) is 5.03. The van der Waals surface area contributed by atoms with Crippen molar-refractivity contribution >= 4 is 15.9 Å². The van der Waals surface area contributed by atoms with Gasteiger partial charge in [0.15, 0.2) is 0 Å². The van der Waals surface area contributed by atoms with Gasteiger partial charge in [0.25, 0.3) is 0 Å². The van der Waals surface area contributed by atoms with Gasteiger partial charge in [-0.2, -0.15) is 0 Å². The Bertz CT molecular complexity index is 555. The molecule has 0 heterocycles. The number of rotatable bonds is 5. The highest BCUT2D eigenvalue weighted by Gasteiger charge is 2.25. The first kappa shape index (κ1) is 14.6. The van der Waals surface area contributed by atoms with Crippen LogP contribution in [0.4, 0.5) is 4.39 Å². The molecular formula is C11H16FN3O2S. The van der Waals surface area contributed by atoms with Crippen LogP contribution in [-0.4, -0.2) is 20.8 Å². The standard InChI is InChI=1S/C11H16FN3O2S/c1-11(2,10(13)14)7-15-18(16,17)9-5-3-4-8(12)6-9/h3-6,15H,7H2,1-2H3,(H3,13,14). The van der Waals surface area contributed by atoms with Crippen LogP contribution >= 0.6 is 0 Å². The zero-order valence-corrected chi connectivity index (χ0v) is 11.0. The van der Waals surface area contributed by atoms with Crippen molar-refractivity contribution in [2.75, 3.05) is 6.54 Å². The maximum atomic E-state index is 13.0. The van der Waals surface area contributed by atoms with Gasteiger partial charge in [0.1, 0.15) is 5.82 Å². The molecule has 0 saturated heterocycles. The molecule has 0 unspecified atom stereocenters. The summed E-state index contributed by atoms with van der Waals surface area (Å²) < 4.78 is 39.0. The first-order chi connectivity index (χ1) is 8.15. The van der Waals surface area contributed by atoms with Gasteiger partial charge in [0.2, 0.25) is 10.0 Å². The summed E-state index contributed by atoms with van der Waals surface area (Å²) in [6, 6.07) is 4.72. The number of benzene rings is 1. The molecule has 4 N–H and O–H groups in total. The first-order valence-electron chi connectivity index (χ1n) is 5.25. The average molecular weight is 273 g/mol. The molecule has 1 aromatic carbocycles. The number of amidine groups is 1. The molecule has 0 bridgehead atoms. The molecule has 0 aliphatic heterocycles. The summed E-state index contributed by atoms with van der Waals surface area (Å²) in [6.07, 6.45) is 0. The van der Waals surface area contributed by atoms with Crippen LogP contribution in [0.2, 0.25) is 0 Å². The number of sulfonamides is 1. The van der Waals surface area contributed by atoms with E-state index >= 15 is 0 Å². The van der Waals surface area contributed by atoms with Crippen molar-refractivity contribution in [3.05, 3.63) is 30.1 Å². The van der Waals surface area contributed by atoms with Crippen LogP contribution in [0.3, 0.4) is 0 Å². The van der Waals surface area contributed by atoms with Crippen LogP contribution in [-0.2, 0) is 10.0 Å². The topological polar surface area (TPSA) is 96.0 Å². The lowest BCUT2D eigenvalue weighted by Gasteiger charge is -2.23. The molecule has 0 atom stereocenters.